The Kier molecular flexibility index (Phi) is 6.05. The Morgan fingerprint density at radius 2 is 1.68 bits per heavy atom. The molecule has 0 heterocycles. The summed E-state index contributed by atoms with van der Waals surface area (Å²) in [5, 5.41) is 0. The van der Waals surface area contributed by atoms with E-state index in [4.69, 9.17) is 0 Å². The molecule has 0 aliphatic heterocycles. The van der Waals surface area contributed by atoms with Crippen LogP contribution in [0.2, 0.25) is 0 Å². The van der Waals surface area contributed by atoms with Crippen LogP contribution >= 0.6 is 0 Å². The number of aryl methyl sites for hydroxylation is 1. The van der Waals surface area contributed by atoms with Crippen LogP contribution in [0, 0.1) is 5.41 Å². The first-order valence-electron chi connectivity index (χ1n) is 9.19. The third-order valence-corrected chi connectivity index (χ3v) is 4.73. The summed E-state index contributed by atoms with van der Waals surface area (Å²) in [5.74, 6) is 0.501. The summed E-state index contributed by atoms with van der Waals surface area (Å²) in [6.45, 7) is 10.3. The highest BCUT2D eigenvalue weighted by Gasteiger charge is 2.29. The van der Waals surface area contributed by atoms with E-state index < -0.39 is 5.41 Å². The second kappa shape index (κ2) is 7.86. The van der Waals surface area contributed by atoms with E-state index in [1.165, 1.54) is 16.7 Å². The molecule has 0 saturated carbocycles. The van der Waals surface area contributed by atoms with Gasteiger partial charge in [0.05, 0.1) is 0 Å². The maximum atomic E-state index is 12.9. The molecular formula is C23H31NO. The first kappa shape index (κ1) is 19.2. The van der Waals surface area contributed by atoms with Crippen LogP contribution in [-0.4, -0.2) is 13.0 Å². The summed E-state index contributed by atoms with van der Waals surface area (Å²) in [5.41, 5.74) is 4.51. The highest BCUT2D eigenvalue weighted by atomic mass is 16.2. The Balaban J connectivity index is 2.43. The lowest BCUT2D eigenvalue weighted by Crippen LogP contribution is -2.37. The van der Waals surface area contributed by atoms with Gasteiger partial charge in [-0.2, -0.15) is 0 Å². The molecular weight excluding hydrogens is 306 g/mol. The second-order valence-corrected chi connectivity index (χ2v) is 7.91. The Bertz CT molecular complexity index is 713. The number of hydrogen-bond donors (Lipinski definition) is 0. The molecule has 0 bridgehead atoms. The molecule has 1 atom stereocenters. The molecule has 2 rings (SSSR count). The fraction of sp³-hybridized carbons (Fsp3) is 0.435. The van der Waals surface area contributed by atoms with Gasteiger partial charge < -0.3 is 4.90 Å². The zero-order valence-corrected chi connectivity index (χ0v) is 16.5. The topological polar surface area (TPSA) is 20.3 Å². The minimum absolute atomic E-state index is 0.154. The Labute approximate surface area is 152 Å². The lowest BCUT2D eigenvalue weighted by atomic mass is 9.88. The van der Waals surface area contributed by atoms with Crippen molar-refractivity contribution in [2.24, 2.45) is 5.41 Å². The zero-order valence-electron chi connectivity index (χ0n) is 16.5. The van der Waals surface area contributed by atoms with Gasteiger partial charge in [-0.25, -0.2) is 0 Å². The summed E-state index contributed by atoms with van der Waals surface area (Å²) in [4.78, 5) is 14.8. The van der Waals surface area contributed by atoms with Gasteiger partial charge in [0.2, 0.25) is 5.91 Å². The largest absolute Gasteiger partial charge is 0.314 e. The summed E-state index contributed by atoms with van der Waals surface area (Å²) in [7, 11) is 1.92. The molecule has 2 nitrogen and oxygen atoms in total. The van der Waals surface area contributed by atoms with Gasteiger partial charge in [-0.05, 0) is 35.4 Å². The van der Waals surface area contributed by atoms with E-state index in [0.29, 0.717) is 5.92 Å². The first-order chi connectivity index (χ1) is 11.8. The molecule has 1 amide bonds. The lowest BCUT2D eigenvalue weighted by molar-refractivity contribution is -0.125. The average molecular weight is 338 g/mol. The Morgan fingerprint density at radius 3 is 2.24 bits per heavy atom. The van der Waals surface area contributed by atoms with Gasteiger partial charge in [0.15, 0.2) is 0 Å². The minimum Gasteiger partial charge on any atom is -0.314 e. The van der Waals surface area contributed by atoms with Crippen LogP contribution in [0.1, 0.15) is 57.2 Å². The van der Waals surface area contributed by atoms with Crippen molar-refractivity contribution in [3.05, 3.63) is 65.2 Å². The van der Waals surface area contributed by atoms with Crippen LogP contribution in [0.3, 0.4) is 0 Å². The highest BCUT2D eigenvalue weighted by molar-refractivity contribution is 5.97. The monoisotopic (exact) mass is 337 g/mol. The second-order valence-electron chi connectivity index (χ2n) is 7.91. The number of nitrogens with zero attached hydrogens (tertiary/aromatic N) is 1. The molecule has 2 aromatic carbocycles. The van der Waals surface area contributed by atoms with Gasteiger partial charge in [0, 0.05) is 18.2 Å². The molecule has 0 radical (unpaired) electrons. The SMILES string of the molecule is CCc1cccc([C@H](C)Cc2ccccc2)c1N(C)C(=O)C(C)(C)C. The molecule has 25 heavy (non-hydrogen) atoms. The van der Waals surface area contributed by atoms with Crippen LogP contribution in [0.4, 0.5) is 5.69 Å². The van der Waals surface area contributed by atoms with Gasteiger partial charge in [0.25, 0.3) is 0 Å². The predicted octanol–water partition coefficient (Wildman–Crippen LogP) is 5.60. The van der Waals surface area contributed by atoms with Crippen LogP contribution in [0.5, 0.6) is 0 Å². The van der Waals surface area contributed by atoms with Gasteiger partial charge in [0.1, 0.15) is 0 Å². The lowest BCUT2D eigenvalue weighted by Gasteiger charge is -2.31. The molecule has 0 N–H and O–H groups in total. The molecule has 0 unspecified atom stereocenters. The van der Waals surface area contributed by atoms with E-state index in [0.717, 1.165) is 18.5 Å². The minimum atomic E-state index is -0.393. The quantitative estimate of drug-likeness (QED) is 0.695. The number of rotatable bonds is 5. The van der Waals surface area contributed by atoms with Crippen LogP contribution in [-0.2, 0) is 17.6 Å². The van der Waals surface area contributed by atoms with E-state index in [1.807, 2.05) is 38.8 Å². The molecule has 0 aliphatic rings. The average Bonchev–Trinajstić information content (AvgIpc) is 2.59. The van der Waals surface area contributed by atoms with Gasteiger partial charge >= 0.3 is 0 Å². The van der Waals surface area contributed by atoms with E-state index in [-0.39, 0.29) is 5.91 Å². The van der Waals surface area contributed by atoms with Crippen molar-refractivity contribution in [1.82, 2.24) is 0 Å². The van der Waals surface area contributed by atoms with Crippen LogP contribution < -0.4 is 4.90 Å². The molecule has 2 heteroatoms. The standard InChI is InChI=1S/C23H31NO/c1-7-19-14-11-15-20(17(2)16-18-12-9-8-10-13-18)21(19)24(6)22(25)23(3,4)5/h8-15,17H,7,16H2,1-6H3/t17-/m1/s1. The smallest absolute Gasteiger partial charge is 0.232 e. The fourth-order valence-corrected chi connectivity index (χ4v) is 3.39. The number of benzene rings is 2. The maximum absolute atomic E-state index is 12.9. The first-order valence-corrected chi connectivity index (χ1v) is 9.19. The van der Waals surface area contributed by atoms with Crippen molar-refractivity contribution < 1.29 is 4.79 Å². The summed E-state index contributed by atoms with van der Waals surface area (Å²) >= 11 is 0. The molecule has 0 aromatic heterocycles. The fourth-order valence-electron chi connectivity index (χ4n) is 3.39. The third kappa shape index (κ3) is 4.50. The molecule has 2 aromatic rings. The van der Waals surface area contributed by atoms with Crippen molar-refractivity contribution >= 4 is 11.6 Å². The van der Waals surface area contributed by atoms with E-state index >= 15 is 0 Å². The summed E-state index contributed by atoms with van der Waals surface area (Å²) < 4.78 is 0. The molecule has 0 fully saturated rings. The molecule has 0 saturated heterocycles. The van der Waals surface area contributed by atoms with Crippen LogP contribution in [0.25, 0.3) is 0 Å². The number of carbonyl (C=O) groups excluding carboxylic acids is 1. The Morgan fingerprint density at radius 1 is 1.04 bits per heavy atom. The van der Waals surface area contributed by atoms with Gasteiger partial charge in [-0.1, -0.05) is 83.1 Å². The van der Waals surface area contributed by atoms with Crippen molar-refractivity contribution in [2.75, 3.05) is 11.9 Å². The number of carbonyl (C=O) groups is 1. The number of hydrogen-bond acceptors (Lipinski definition) is 1. The number of amides is 1. The molecule has 0 spiro atoms. The predicted molar refractivity (Wildman–Crippen MR) is 107 cm³/mol. The van der Waals surface area contributed by atoms with Gasteiger partial charge in [-0.3, -0.25) is 4.79 Å². The Hall–Kier alpha value is -2.09. The zero-order chi connectivity index (χ0) is 18.6. The van der Waals surface area contributed by atoms with E-state index in [2.05, 4.69) is 56.3 Å². The van der Waals surface area contributed by atoms with Crippen molar-refractivity contribution in [3.8, 4) is 0 Å². The van der Waals surface area contributed by atoms with Gasteiger partial charge in [-0.15, -0.1) is 0 Å². The highest BCUT2D eigenvalue weighted by Crippen LogP contribution is 2.35. The van der Waals surface area contributed by atoms with E-state index in [1.54, 1.807) is 0 Å². The normalized spacial score (nSPS) is 12.7. The summed E-state index contributed by atoms with van der Waals surface area (Å²) in [6, 6.07) is 17.0. The van der Waals surface area contributed by atoms with Crippen molar-refractivity contribution in [1.29, 1.82) is 0 Å². The third-order valence-electron chi connectivity index (χ3n) is 4.73. The number of para-hydroxylation sites is 1. The summed E-state index contributed by atoms with van der Waals surface area (Å²) in [6.07, 6.45) is 1.89. The molecule has 134 valence electrons. The van der Waals surface area contributed by atoms with Crippen LogP contribution in [0.15, 0.2) is 48.5 Å². The van der Waals surface area contributed by atoms with Crippen molar-refractivity contribution in [3.63, 3.8) is 0 Å². The van der Waals surface area contributed by atoms with E-state index in [9.17, 15) is 4.79 Å². The molecule has 0 aliphatic carbocycles. The number of anilines is 1. The maximum Gasteiger partial charge on any atom is 0.232 e. The van der Waals surface area contributed by atoms with Crippen molar-refractivity contribution in [2.45, 2.75) is 53.4 Å².